The Morgan fingerprint density at radius 1 is 1.47 bits per heavy atom. The Bertz CT molecular complexity index is 303. The van der Waals surface area contributed by atoms with Gasteiger partial charge < -0.3 is 14.6 Å². The van der Waals surface area contributed by atoms with Crippen molar-refractivity contribution in [3.8, 4) is 5.75 Å². The first-order chi connectivity index (χ1) is 7.24. The molecule has 2 atom stereocenters. The third kappa shape index (κ3) is 3.53. The van der Waals surface area contributed by atoms with Gasteiger partial charge >= 0.3 is 0 Å². The second-order valence-electron chi connectivity index (χ2n) is 3.97. The van der Waals surface area contributed by atoms with E-state index in [1.54, 1.807) is 0 Å². The van der Waals surface area contributed by atoms with Crippen LogP contribution in [0.5, 0.6) is 5.75 Å². The van der Waals surface area contributed by atoms with Crippen molar-refractivity contribution in [1.82, 2.24) is 0 Å². The van der Waals surface area contributed by atoms with Crippen LogP contribution in [-0.4, -0.2) is 30.5 Å². The number of aliphatic hydroxyl groups is 1. The molecule has 2 rings (SSSR count). The highest BCUT2D eigenvalue weighted by atomic mass is 16.6. The van der Waals surface area contributed by atoms with Crippen LogP contribution in [0.3, 0.4) is 0 Å². The summed E-state index contributed by atoms with van der Waals surface area (Å²) in [5, 5.41) is 9.57. The average molecular weight is 208 g/mol. The topological polar surface area (TPSA) is 42.0 Å². The first-order valence-corrected chi connectivity index (χ1v) is 5.23. The highest BCUT2D eigenvalue weighted by molar-refractivity contribution is 5.26. The summed E-state index contributed by atoms with van der Waals surface area (Å²) in [6.45, 7) is 3.15. The Labute approximate surface area is 89.6 Å². The second kappa shape index (κ2) is 4.64. The number of ether oxygens (including phenoxy) is 2. The highest BCUT2D eigenvalue weighted by Crippen LogP contribution is 2.17. The van der Waals surface area contributed by atoms with Crippen LogP contribution in [0.2, 0.25) is 0 Å². The largest absolute Gasteiger partial charge is 0.491 e. The number of epoxide rings is 1. The van der Waals surface area contributed by atoms with Crippen molar-refractivity contribution < 1.29 is 14.6 Å². The molecule has 15 heavy (non-hydrogen) atoms. The van der Waals surface area contributed by atoms with Gasteiger partial charge in [-0.1, -0.05) is 17.7 Å². The Morgan fingerprint density at radius 3 is 2.73 bits per heavy atom. The maximum Gasteiger partial charge on any atom is 0.119 e. The van der Waals surface area contributed by atoms with Gasteiger partial charge in [0.05, 0.1) is 18.8 Å². The number of rotatable bonds is 5. The molecular weight excluding hydrogens is 192 g/mol. The van der Waals surface area contributed by atoms with Crippen molar-refractivity contribution in [1.29, 1.82) is 0 Å². The maximum absolute atomic E-state index is 9.57. The third-order valence-corrected chi connectivity index (χ3v) is 2.40. The van der Waals surface area contributed by atoms with E-state index in [4.69, 9.17) is 9.47 Å². The van der Waals surface area contributed by atoms with Crippen molar-refractivity contribution in [2.75, 3.05) is 13.2 Å². The van der Waals surface area contributed by atoms with Gasteiger partial charge in [-0.2, -0.15) is 0 Å². The molecule has 1 N–H and O–H groups in total. The number of hydrogen-bond acceptors (Lipinski definition) is 3. The molecule has 2 unspecified atom stereocenters. The Kier molecular flexibility index (Phi) is 3.23. The van der Waals surface area contributed by atoms with Gasteiger partial charge in [0.25, 0.3) is 0 Å². The van der Waals surface area contributed by atoms with E-state index in [0.717, 1.165) is 12.4 Å². The minimum atomic E-state index is -0.432. The Balaban J connectivity index is 1.74. The quantitative estimate of drug-likeness (QED) is 0.746. The van der Waals surface area contributed by atoms with Gasteiger partial charge in [-0.05, 0) is 19.1 Å². The lowest BCUT2D eigenvalue weighted by Crippen LogP contribution is -2.19. The molecule has 1 aliphatic heterocycles. The molecule has 0 aromatic heterocycles. The van der Waals surface area contributed by atoms with E-state index in [0.29, 0.717) is 13.0 Å². The lowest BCUT2D eigenvalue weighted by Gasteiger charge is -2.11. The molecule has 3 nitrogen and oxygen atoms in total. The highest BCUT2D eigenvalue weighted by Gasteiger charge is 2.25. The van der Waals surface area contributed by atoms with Gasteiger partial charge in [0, 0.05) is 6.42 Å². The standard InChI is InChI=1S/C12H16O3/c1-9-2-4-11(5-3-9)14-7-10(13)6-12-8-15-12/h2-5,10,12-13H,6-8H2,1H3. The lowest BCUT2D eigenvalue weighted by molar-refractivity contribution is 0.0925. The summed E-state index contributed by atoms with van der Waals surface area (Å²) in [5.74, 6) is 0.802. The fourth-order valence-electron chi connectivity index (χ4n) is 1.40. The number of aryl methyl sites for hydroxylation is 1. The molecule has 82 valence electrons. The number of benzene rings is 1. The molecule has 1 aromatic carbocycles. The molecule has 0 amide bonds. The number of aliphatic hydroxyl groups excluding tert-OH is 1. The molecular formula is C12H16O3. The van der Waals surface area contributed by atoms with Gasteiger partial charge in [0.15, 0.2) is 0 Å². The van der Waals surface area contributed by atoms with Gasteiger partial charge in [0.2, 0.25) is 0 Å². The van der Waals surface area contributed by atoms with Crippen LogP contribution in [0.1, 0.15) is 12.0 Å². The van der Waals surface area contributed by atoms with Crippen molar-refractivity contribution in [3.05, 3.63) is 29.8 Å². The van der Waals surface area contributed by atoms with Crippen LogP contribution >= 0.6 is 0 Å². The van der Waals surface area contributed by atoms with Gasteiger partial charge in [-0.3, -0.25) is 0 Å². The van der Waals surface area contributed by atoms with Crippen LogP contribution in [0, 0.1) is 6.92 Å². The molecule has 1 aromatic rings. The molecule has 1 aliphatic rings. The monoisotopic (exact) mass is 208 g/mol. The summed E-state index contributed by atoms with van der Waals surface area (Å²) < 4.78 is 10.5. The number of hydrogen-bond donors (Lipinski definition) is 1. The minimum absolute atomic E-state index is 0.251. The summed E-state index contributed by atoms with van der Waals surface area (Å²) >= 11 is 0. The zero-order chi connectivity index (χ0) is 10.7. The van der Waals surface area contributed by atoms with Crippen LogP contribution in [0.4, 0.5) is 0 Å². The summed E-state index contributed by atoms with van der Waals surface area (Å²) in [7, 11) is 0. The van der Waals surface area contributed by atoms with Crippen LogP contribution in [0.15, 0.2) is 24.3 Å². The maximum atomic E-state index is 9.57. The normalized spacial score (nSPS) is 21.1. The van der Waals surface area contributed by atoms with E-state index < -0.39 is 6.10 Å². The second-order valence-corrected chi connectivity index (χ2v) is 3.97. The molecule has 0 bridgehead atoms. The molecule has 0 spiro atoms. The Hall–Kier alpha value is -1.06. The zero-order valence-corrected chi connectivity index (χ0v) is 8.85. The first kappa shape index (κ1) is 10.5. The van der Waals surface area contributed by atoms with E-state index in [2.05, 4.69) is 0 Å². The summed E-state index contributed by atoms with van der Waals surface area (Å²) in [5.41, 5.74) is 1.20. The van der Waals surface area contributed by atoms with Gasteiger partial charge in [-0.25, -0.2) is 0 Å². The van der Waals surface area contributed by atoms with E-state index in [1.165, 1.54) is 5.56 Å². The zero-order valence-electron chi connectivity index (χ0n) is 8.85. The summed E-state index contributed by atoms with van der Waals surface area (Å²) in [6.07, 6.45) is 0.492. The Morgan fingerprint density at radius 2 is 2.13 bits per heavy atom. The van der Waals surface area contributed by atoms with E-state index in [9.17, 15) is 5.11 Å². The van der Waals surface area contributed by atoms with Crippen molar-refractivity contribution in [2.24, 2.45) is 0 Å². The van der Waals surface area contributed by atoms with E-state index >= 15 is 0 Å². The average Bonchev–Trinajstić information content (AvgIpc) is 3.01. The fraction of sp³-hybridized carbons (Fsp3) is 0.500. The summed E-state index contributed by atoms with van der Waals surface area (Å²) in [4.78, 5) is 0. The molecule has 0 saturated carbocycles. The fourth-order valence-corrected chi connectivity index (χ4v) is 1.40. The van der Waals surface area contributed by atoms with E-state index in [1.807, 2.05) is 31.2 Å². The molecule has 1 saturated heterocycles. The smallest absolute Gasteiger partial charge is 0.119 e. The predicted octanol–water partition coefficient (Wildman–Crippen LogP) is 1.52. The van der Waals surface area contributed by atoms with Crippen LogP contribution < -0.4 is 4.74 Å². The van der Waals surface area contributed by atoms with Crippen LogP contribution in [0.25, 0.3) is 0 Å². The first-order valence-electron chi connectivity index (χ1n) is 5.23. The predicted molar refractivity (Wildman–Crippen MR) is 57.0 cm³/mol. The molecule has 0 aliphatic carbocycles. The van der Waals surface area contributed by atoms with E-state index in [-0.39, 0.29) is 6.10 Å². The minimum Gasteiger partial charge on any atom is -0.491 e. The third-order valence-electron chi connectivity index (χ3n) is 2.40. The molecule has 1 fully saturated rings. The van der Waals surface area contributed by atoms with Crippen molar-refractivity contribution in [3.63, 3.8) is 0 Å². The van der Waals surface area contributed by atoms with Crippen molar-refractivity contribution >= 4 is 0 Å². The molecule has 3 heteroatoms. The molecule has 1 heterocycles. The lowest BCUT2D eigenvalue weighted by atomic mass is 10.2. The van der Waals surface area contributed by atoms with Gasteiger partial charge in [-0.15, -0.1) is 0 Å². The molecule has 0 radical (unpaired) electrons. The SMILES string of the molecule is Cc1ccc(OCC(O)CC2CO2)cc1. The van der Waals surface area contributed by atoms with Crippen molar-refractivity contribution in [2.45, 2.75) is 25.6 Å². The summed E-state index contributed by atoms with van der Waals surface area (Å²) in [6, 6.07) is 7.81. The van der Waals surface area contributed by atoms with Crippen LogP contribution in [-0.2, 0) is 4.74 Å². The van der Waals surface area contributed by atoms with Gasteiger partial charge in [0.1, 0.15) is 12.4 Å².